The molecular formula is C17H36N2. The van der Waals surface area contributed by atoms with E-state index in [4.69, 9.17) is 5.73 Å². The quantitative estimate of drug-likeness (QED) is 0.759. The molecule has 1 saturated heterocycles. The van der Waals surface area contributed by atoms with Crippen LogP contribution in [0.5, 0.6) is 0 Å². The van der Waals surface area contributed by atoms with Gasteiger partial charge in [-0.2, -0.15) is 0 Å². The van der Waals surface area contributed by atoms with E-state index in [0.717, 1.165) is 18.4 Å². The Morgan fingerprint density at radius 2 is 1.79 bits per heavy atom. The highest BCUT2D eigenvalue weighted by Crippen LogP contribution is 2.32. The Kier molecular flexibility index (Phi) is 7.38. The molecule has 2 N–H and O–H groups in total. The van der Waals surface area contributed by atoms with E-state index >= 15 is 0 Å². The topological polar surface area (TPSA) is 29.3 Å². The van der Waals surface area contributed by atoms with Gasteiger partial charge >= 0.3 is 0 Å². The van der Waals surface area contributed by atoms with E-state index < -0.39 is 0 Å². The van der Waals surface area contributed by atoms with Gasteiger partial charge < -0.3 is 10.6 Å². The van der Waals surface area contributed by atoms with Crippen LogP contribution in [0.25, 0.3) is 0 Å². The molecule has 19 heavy (non-hydrogen) atoms. The minimum atomic E-state index is 0.411. The molecule has 1 fully saturated rings. The van der Waals surface area contributed by atoms with E-state index in [1.807, 2.05) is 0 Å². The summed E-state index contributed by atoms with van der Waals surface area (Å²) in [7, 11) is 0. The lowest BCUT2D eigenvalue weighted by Crippen LogP contribution is -2.34. The van der Waals surface area contributed by atoms with Crippen molar-refractivity contribution in [3.8, 4) is 0 Å². The fraction of sp³-hybridized carbons (Fsp3) is 1.00. The molecule has 0 aliphatic carbocycles. The van der Waals surface area contributed by atoms with E-state index in [2.05, 4.69) is 32.6 Å². The Morgan fingerprint density at radius 1 is 1.16 bits per heavy atom. The van der Waals surface area contributed by atoms with Crippen molar-refractivity contribution >= 4 is 0 Å². The molecule has 0 aromatic rings. The SMILES string of the molecule is CCC1CCN(CCCC(CCN)C(C)(C)C)CC1. The fourth-order valence-corrected chi connectivity index (χ4v) is 3.39. The summed E-state index contributed by atoms with van der Waals surface area (Å²) < 4.78 is 0. The second kappa shape index (κ2) is 8.26. The van der Waals surface area contributed by atoms with Crippen molar-refractivity contribution in [2.75, 3.05) is 26.2 Å². The highest BCUT2D eigenvalue weighted by molar-refractivity contribution is 4.76. The first-order chi connectivity index (χ1) is 8.97. The van der Waals surface area contributed by atoms with Gasteiger partial charge in [0.1, 0.15) is 0 Å². The predicted molar refractivity (Wildman–Crippen MR) is 85.3 cm³/mol. The Morgan fingerprint density at radius 3 is 2.26 bits per heavy atom. The summed E-state index contributed by atoms with van der Waals surface area (Å²) in [6, 6.07) is 0. The van der Waals surface area contributed by atoms with Crippen LogP contribution in [-0.4, -0.2) is 31.1 Å². The number of hydrogen-bond donors (Lipinski definition) is 1. The standard InChI is InChI=1S/C17H36N2/c1-5-15-9-13-19(14-10-15)12-6-7-16(8-11-18)17(2,3)4/h15-16H,5-14,18H2,1-4H3. The van der Waals surface area contributed by atoms with Gasteiger partial charge in [-0.15, -0.1) is 0 Å². The van der Waals surface area contributed by atoms with Gasteiger partial charge in [0.2, 0.25) is 0 Å². The van der Waals surface area contributed by atoms with Crippen LogP contribution in [-0.2, 0) is 0 Å². The van der Waals surface area contributed by atoms with E-state index in [-0.39, 0.29) is 0 Å². The molecule has 0 amide bonds. The van der Waals surface area contributed by atoms with Crippen molar-refractivity contribution in [2.24, 2.45) is 23.0 Å². The lowest BCUT2D eigenvalue weighted by atomic mass is 9.76. The summed E-state index contributed by atoms with van der Waals surface area (Å²) in [6.45, 7) is 14.2. The zero-order valence-electron chi connectivity index (χ0n) is 13.8. The van der Waals surface area contributed by atoms with Gasteiger partial charge in [0.05, 0.1) is 0 Å². The van der Waals surface area contributed by atoms with Crippen LogP contribution in [0.4, 0.5) is 0 Å². The number of likely N-dealkylation sites (tertiary alicyclic amines) is 1. The fourth-order valence-electron chi connectivity index (χ4n) is 3.39. The zero-order chi connectivity index (χ0) is 14.3. The predicted octanol–water partition coefficient (Wildman–Crippen LogP) is 3.90. The zero-order valence-corrected chi connectivity index (χ0v) is 13.8. The number of nitrogens with two attached hydrogens (primary N) is 1. The second-order valence-corrected chi connectivity index (χ2v) is 7.48. The van der Waals surface area contributed by atoms with Crippen LogP contribution in [0.3, 0.4) is 0 Å². The minimum Gasteiger partial charge on any atom is -0.330 e. The van der Waals surface area contributed by atoms with Gasteiger partial charge in [-0.05, 0) is 75.5 Å². The molecule has 2 nitrogen and oxygen atoms in total. The van der Waals surface area contributed by atoms with E-state index in [1.165, 1.54) is 58.2 Å². The molecule has 1 aliphatic rings. The van der Waals surface area contributed by atoms with Gasteiger partial charge in [0.15, 0.2) is 0 Å². The summed E-state index contributed by atoms with van der Waals surface area (Å²) in [5.41, 5.74) is 6.17. The average molecular weight is 268 g/mol. The first-order valence-electron chi connectivity index (χ1n) is 8.39. The highest BCUT2D eigenvalue weighted by atomic mass is 15.1. The van der Waals surface area contributed by atoms with E-state index in [9.17, 15) is 0 Å². The van der Waals surface area contributed by atoms with Crippen molar-refractivity contribution in [1.82, 2.24) is 4.90 Å². The number of rotatable bonds is 7. The summed E-state index contributed by atoms with van der Waals surface area (Å²) in [4.78, 5) is 2.67. The first-order valence-corrected chi connectivity index (χ1v) is 8.39. The maximum absolute atomic E-state index is 5.76. The third kappa shape index (κ3) is 6.27. The lowest BCUT2D eigenvalue weighted by Gasteiger charge is -2.34. The molecule has 1 aliphatic heterocycles. The van der Waals surface area contributed by atoms with Crippen LogP contribution >= 0.6 is 0 Å². The van der Waals surface area contributed by atoms with Crippen LogP contribution in [0.15, 0.2) is 0 Å². The minimum absolute atomic E-state index is 0.411. The molecule has 0 radical (unpaired) electrons. The molecule has 0 saturated carbocycles. The van der Waals surface area contributed by atoms with Crippen molar-refractivity contribution in [3.63, 3.8) is 0 Å². The van der Waals surface area contributed by atoms with Gasteiger partial charge in [0.25, 0.3) is 0 Å². The second-order valence-electron chi connectivity index (χ2n) is 7.48. The Labute approximate surface area is 121 Å². The van der Waals surface area contributed by atoms with Crippen LogP contribution < -0.4 is 5.73 Å². The number of nitrogens with zero attached hydrogens (tertiary/aromatic N) is 1. The van der Waals surface area contributed by atoms with Crippen molar-refractivity contribution < 1.29 is 0 Å². The number of hydrogen-bond acceptors (Lipinski definition) is 2. The lowest BCUT2D eigenvalue weighted by molar-refractivity contribution is 0.161. The maximum atomic E-state index is 5.76. The first kappa shape index (κ1) is 17.0. The van der Waals surface area contributed by atoms with Gasteiger partial charge in [-0.3, -0.25) is 0 Å². The summed E-state index contributed by atoms with van der Waals surface area (Å²) in [5, 5.41) is 0. The van der Waals surface area contributed by atoms with Crippen molar-refractivity contribution in [2.45, 2.75) is 66.2 Å². The Bertz CT molecular complexity index is 224. The average Bonchev–Trinajstić information content (AvgIpc) is 2.37. The molecule has 1 unspecified atom stereocenters. The van der Waals surface area contributed by atoms with Crippen molar-refractivity contribution in [3.05, 3.63) is 0 Å². The molecule has 0 aromatic carbocycles. The molecule has 114 valence electrons. The van der Waals surface area contributed by atoms with Crippen LogP contribution in [0, 0.1) is 17.3 Å². The third-order valence-corrected chi connectivity index (χ3v) is 5.05. The largest absolute Gasteiger partial charge is 0.330 e. The monoisotopic (exact) mass is 268 g/mol. The molecular weight excluding hydrogens is 232 g/mol. The van der Waals surface area contributed by atoms with Gasteiger partial charge in [-0.25, -0.2) is 0 Å². The van der Waals surface area contributed by atoms with Crippen molar-refractivity contribution in [1.29, 1.82) is 0 Å². The highest BCUT2D eigenvalue weighted by Gasteiger charge is 2.24. The summed E-state index contributed by atoms with van der Waals surface area (Å²) in [6.07, 6.45) is 8.08. The van der Waals surface area contributed by atoms with E-state index in [0.29, 0.717) is 5.41 Å². The molecule has 2 heteroatoms. The smallest absolute Gasteiger partial charge is 0.00161 e. The van der Waals surface area contributed by atoms with Crippen LogP contribution in [0.1, 0.15) is 66.2 Å². The molecule has 1 atom stereocenters. The number of piperidine rings is 1. The molecule has 1 rings (SSSR count). The summed E-state index contributed by atoms with van der Waals surface area (Å²) in [5.74, 6) is 1.78. The Balaban J connectivity index is 2.22. The maximum Gasteiger partial charge on any atom is -0.00161 e. The van der Waals surface area contributed by atoms with Gasteiger partial charge in [0, 0.05) is 0 Å². The normalized spacial score (nSPS) is 20.7. The molecule has 0 bridgehead atoms. The Hall–Kier alpha value is -0.0800. The molecule has 0 spiro atoms. The third-order valence-electron chi connectivity index (χ3n) is 5.05. The molecule has 1 heterocycles. The van der Waals surface area contributed by atoms with Crippen LogP contribution in [0.2, 0.25) is 0 Å². The van der Waals surface area contributed by atoms with E-state index in [1.54, 1.807) is 0 Å². The summed E-state index contributed by atoms with van der Waals surface area (Å²) >= 11 is 0. The molecule has 0 aromatic heterocycles. The van der Waals surface area contributed by atoms with Gasteiger partial charge in [-0.1, -0.05) is 34.1 Å².